The van der Waals surface area contributed by atoms with Gasteiger partial charge in [0.1, 0.15) is 0 Å². The molecule has 0 atom stereocenters. The molecule has 0 radical (unpaired) electrons. The molecule has 2 fully saturated rings. The minimum absolute atomic E-state index is 0.0330. The van der Waals surface area contributed by atoms with E-state index < -0.39 is 0 Å². The minimum atomic E-state index is -0.160. The minimum Gasteiger partial charge on any atom is -0.393 e. The first-order valence-corrected chi connectivity index (χ1v) is 9.29. The molecule has 4 nitrogen and oxygen atoms in total. The number of hydrogen-bond donors (Lipinski definition) is 2. The molecule has 2 aliphatic rings. The van der Waals surface area contributed by atoms with Crippen molar-refractivity contribution in [3.05, 3.63) is 29.8 Å². The third-order valence-electron chi connectivity index (χ3n) is 5.38. The number of nitrogens with zero attached hydrogens (tertiary/aromatic N) is 1. The molecular formula is C20H30N2O2. The van der Waals surface area contributed by atoms with E-state index in [-0.39, 0.29) is 12.0 Å². The maximum absolute atomic E-state index is 12.4. The van der Waals surface area contributed by atoms with E-state index in [1.807, 2.05) is 24.3 Å². The number of hydrogen-bond acceptors (Lipinski definition) is 3. The Hall–Kier alpha value is -1.55. The highest BCUT2D eigenvalue weighted by Crippen LogP contribution is 2.50. The van der Waals surface area contributed by atoms with Crippen LogP contribution >= 0.6 is 0 Å². The molecular weight excluding hydrogens is 300 g/mol. The van der Waals surface area contributed by atoms with E-state index in [4.69, 9.17) is 0 Å². The SMILES string of the molecule is CC(C)CC1(CNC(=O)c2ccc(N3CCC(O)CC3)cc2)CC1. The Kier molecular flexibility index (Phi) is 5.14. The maximum Gasteiger partial charge on any atom is 0.251 e. The molecule has 1 heterocycles. The number of amides is 1. The molecule has 132 valence electrons. The van der Waals surface area contributed by atoms with Gasteiger partial charge in [0, 0.05) is 30.9 Å². The first-order chi connectivity index (χ1) is 11.5. The van der Waals surface area contributed by atoms with E-state index in [1.54, 1.807) is 0 Å². The van der Waals surface area contributed by atoms with Crippen LogP contribution in [0, 0.1) is 11.3 Å². The van der Waals surface area contributed by atoms with Gasteiger partial charge in [-0.2, -0.15) is 0 Å². The van der Waals surface area contributed by atoms with Gasteiger partial charge < -0.3 is 15.3 Å². The van der Waals surface area contributed by atoms with Crippen molar-refractivity contribution in [1.82, 2.24) is 5.32 Å². The quantitative estimate of drug-likeness (QED) is 0.842. The Morgan fingerprint density at radius 1 is 1.25 bits per heavy atom. The van der Waals surface area contributed by atoms with Crippen molar-refractivity contribution >= 4 is 11.6 Å². The predicted molar refractivity (Wildman–Crippen MR) is 97.4 cm³/mol. The Labute approximate surface area is 145 Å². The Morgan fingerprint density at radius 2 is 1.88 bits per heavy atom. The number of anilines is 1. The standard InChI is InChI=1S/C20H30N2O2/c1-15(2)13-20(9-10-20)14-21-19(24)16-3-5-17(6-4-16)22-11-7-18(23)8-12-22/h3-6,15,18,23H,7-14H2,1-2H3,(H,21,24). The number of carbonyl (C=O) groups excluding carboxylic acids is 1. The number of aliphatic hydroxyl groups excluding tert-OH is 1. The Balaban J connectivity index is 1.52. The second kappa shape index (κ2) is 7.14. The van der Waals surface area contributed by atoms with Crippen LogP contribution in [0.15, 0.2) is 24.3 Å². The second-order valence-electron chi connectivity index (χ2n) is 8.05. The predicted octanol–water partition coefficient (Wildman–Crippen LogP) is 3.20. The van der Waals surface area contributed by atoms with Crippen LogP contribution in [0.2, 0.25) is 0 Å². The lowest BCUT2D eigenvalue weighted by molar-refractivity contribution is 0.0942. The third-order valence-corrected chi connectivity index (χ3v) is 5.38. The van der Waals surface area contributed by atoms with Crippen LogP contribution in [0.25, 0.3) is 0 Å². The average molecular weight is 330 g/mol. The van der Waals surface area contributed by atoms with E-state index in [2.05, 4.69) is 24.1 Å². The third kappa shape index (κ3) is 4.29. The molecule has 1 amide bonds. The molecule has 1 saturated carbocycles. The van der Waals surface area contributed by atoms with Gasteiger partial charge in [-0.3, -0.25) is 4.79 Å². The van der Waals surface area contributed by atoms with Crippen LogP contribution in [-0.4, -0.2) is 36.8 Å². The number of benzene rings is 1. The molecule has 4 heteroatoms. The summed E-state index contributed by atoms with van der Waals surface area (Å²) in [6.45, 7) is 7.06. The summed E-state index contributed by atoms with van der Waals surface area (Å²) in [4.78, 5) is 14.7. The summed E-state index contributed by atoms with van der Waals surface area (Å²) in [5.41, 5.74) is 2.23. The smallest absolute Gasteiger partial charge is 0.251 e. The van der Waals surface area contributed by atoms with Gasteiger partial charge in [0.15, 0.2) is 0 Å². The Bertz CT molecular complexity index is 556. The van der Waals surface area contributed by atoms with Gasteiger partial charge in [0.25, 0.3) is 5.91 Å². The normalized spacial score (nSPS) is 20.2. The van der Waals surface area contributed by atoms with Crippen LogP contribution in [0.4, 0.5) is 5.69 Å². The lowest BCUT2D eigenvalue weighted by Gasteiger charge is -2.31. The molecule has 2 N–H and O–H groups in total. The topological polar surface area (TPSA) is 52.6 Å². The van der Waals surface area contributed by atoms with Gasteiger partial charge in [-0.25, -0.2) is 0 Å². The van der Waals surface area contributed by atoms with Crippen LogP contribution < -0.4 is 10.2 Å². The summed E-state index contributed by atoms with van der Waals surface area (Å²) < 4.78 is 0. The second-order valence-corrected chi connectivity index (χ2v) is 8.05. The van der Waals surface area contributed by atoms with E-state index >= 15 is 0 Å². The number of piperidine rings is 1. The molecule has 1 aliphatic carbocycles. The summed E-state index contributed by atoms with van der Waals surface area (Å²) >= 11 is 0. The highest BCUT2D eigenvalue weighted by molar-refractivity contribution is 5.94. The van der Waals surface area contributed by atoms with Crippen molar-refractivity contribution in [2.75, 3.05) is 24.5 Å². The van der Waals surface area contributed by atoms with Gasteiger partial charge in [0.2, 0.25) is 0 Å². The van der Waals surface area contributed by atoms with Crippen molar-refractivity contribution in [3.63, 3.8) is 0 Å². The monoisotopic (exact) mass is 330 g/mol. The largest absolute Gasteiger partial charge is 0.393 e. The van der Waals surface area contributed by atoms with Crippen LogP contribution in [0.3, 0.4) is 0 Å². The van der Waals surface area contributed by atoms with Gasteiger partial charge in [-0.05, 0) is 67.7 Å². The van der Waals surface area contributed by atoms with Gasteiger partial charge in [-0.1, -0.05) is 13.8 Å². The highest BCUT2D eigenvalue weighted by Gasteiger charge is 2.42. The molecule has 1 aliphatic heterocycles. The first kappa shape index (κ1) is 17.3. The molecule has 0 unspecified atom stereocenters. The fraction of sp³-hybridized carbons (Fsp3) is 0.650. The van der Waals surface area contributed by atoms with Crippen LogP contribution in [-0.2, 0) is 0 Å². The Morgan fingerprint density at radius 3 is 2.42 bits per heavy atom. The van der Waals surface area contributed by atoms with E-state index in [0.717, 1.165) is 43.7 Å². The van der Waals surface area contributed by atoms with Crippen molar-refractivity contribution in [2.45, 2.75) is 52.1 Å². The summed E-state index contributed by atoms with van der Waals surface area (Å²) in [6.07, 6.45) is 5.16. The zero-order valence-electron chi connectivity index (χ0n) is 14.9. The molecule has 0 bridgehead atoms. The summed E-state index contributed by atoms with van der Waals surface area (Å²) in [5.74, 6) is 0.720. The van der Waals surface area contributed by atoms with Crippen molar-refractivity contribution in [2.24, 2.45) is 11.3 Å². The zero-order chi connectivity index (χ0) is 17.2. The average Bonchev–Trinajstić information content (AvgIpc) is 3.32. The lowest BCUT2D eigenvalue weighted by Crippen LogP contribution is -2.35. The van der Waals surface area contributed by atoms with Crippen molar-refractivity contribution in [1.29, 1.82) is 0 Å². The van der Waals surface area contributed by atoms with E-state index in [0.29, 0.717) is 11.3 Å². The van der Waals surface area contributed by atoms with Crippen molar-refractivity contribution in [3.8, 4) is 0 Å². The van der Waals surface area contributed by atoms with E-state index in [9.17, 15) is 9.90 Å². The molecule has 1 saturated heterocycles. The molecule has 24 heavy (non-hydrogen) atoms. The number of aliphatic hydroxyl groups is 1. The number of nitrogens with one attached hydrogen (secondary N) is 1. The molecule has 3 rings (SSSR count). The fourth-order valence-corrected chi connectivity index (χ4v) is 3.81. The first-order valence-electron chi connectivity index (χ1n) is 9.29. The number of carbonyl (C=O) groups is 1. The summed E-state index contributed by atoms with van der Waals surface area (Å²) in [6, 6.07) is 7.87. The molecule has 1 aromatic carbocycles. The summed E-state index contributed by atoms with van der Waals surface area (Å²) in [5, 5.41) is 12.7. The molecule has 0 spiro atoms. The lowest BCUT2D eigenvalue weighted by atomic mass is 9.94. The van der Waals surface area contributed by atoms with Crippen LogP contribution in [0.5, 0.6) is 0 Å². The molecule has 1 aromatic rings. The number of rotatable bonds is 6. The summed E-state index contributed by atoms with van der Waals surface area (Å²) in [7, 11) is 0. The van der Waals surface area contributed by atoms with E-state index in [1.165, 1.54) is 19.3 Å². The van der Waals surface area contributed by atoms with Gasteiger partial charge in [0.05, 0.1) is 6.10 Å². The zero-order valence-corrected chi connectivity index (χ0v) is 14.9. The van der Waals surface area contributed by atoms with Gasteiger partial charge >= 0.3 is 0 Å². The fourth-order valence-electron chi connectivity index (χ4n) is 3.81. The highest BCUT2D eigenvalue weighted by atomic mass is 16.3. The van der Waals surface area contributed by atoms with Crippen LogP contribution in [0.1, 0.15) is 56.3 Å². The maximum atomic E-state index is 12.4. The van der Waals surface area contributed by atoms with Gasteiger partial charge in [-0.15, -0.1) is 0 Å². The molecule has 0 aromatic heterocycles. The van der Waals surface area contributed by atoms with Crippen molar-refractivity contribution < 1.29 is 9.90 Å².